The van der Waals surface area contributed by atoms with Crippen molar-refractivity contribution in [3.05, 3.63) is 0 Å². The minimum atomic E-state index is 0. The van der Waals surface area contributed by atoms with Gasteiger partial charge < -0.3 is 24.8 Å². The van der Waals surface area contributed by atoms with Gasteiger partial charge in [0.25, 0.3) is 0 Å². The van der Waals surface area contributed by atoms with Gasteiger partial charge in [0.2, 0.25) is 0 Å². The quantitative estimate of drug-likeness (QED) is 0.316. The molecule has 0 aromatic heterocycles. The number of aliphatic imine (C=N–C) groups is 1. The maximum absolute atomic E-state index is 9.43. The maximum atomic E-state index is 9.43. The van der Waals surface area contributed by atoms with E-state index in [0.29, 0.717) is 0 Å². The SMILES string of the molecule is CCNC(=NCC(CC)(CC)CCO)N1CCOC(C2CCCO2)C1.I. The fourth-order valence-corrected chi connectivity index (χ4v) is 3.80. The third-order valence-corrected chi connectivity index (χ3v) is 5.81. The summed E-state index contributed by atoms with van der Waals surface area (Å²) >= 11 is 0. The van der Waals surface area contributed by atoms with Gasteiger partial charge in [-0.3, -0.25) is 4.99 Å². The average Bonchev–Trinajstić information content (AvgIpc) is 3.19. The highest BCUT2D eigenvalue weighted by molar-refractivity contribution is 14.0. The third-order valence-electron chi connectivity index (χ3n) is 5.81. The first-order valence-corrected chi connectivity index (χ1v) is 10.0. The van der Waals surface area contributed by atoms with Gasteiger partial charge in [0.1, 0.15) is 6.10 Å². The van der Waals surface area contributed by atoms with Gasteiger partial charge in [-0.1, -0.05) is 13.8 Å². The molecule has 2 aliphatic heterocycles. The molecular weight excluding hydrogens is 445 g/mol. The van der Waals surface area contributed by atoms with E-state index >= 15 is 0 Å². The Bertz CT molecular complexity index is 413. The highest BCUT2D eigenvalue weighted by Gasteiger charge is 2.32. The van der Waals surface area contributed by atoms with Crippen LogP contribution < -0.4 is 5.32 Å². The molecule has 2 rings (SSSR count). The Morgan fingerprint density at radius 1 is 1.19 bits per heavy atom. The highest BCUT2D eigenvalue weighted by atomic mass is 127. The van der Waals surface area contributed by atoms with E-state index in [1.54, 1.807) is 0 Å². The van der Waals surface area contributed by atoms with Gasteiger partial charge in [-0.05, 0) is 44.4 Å². The topological polar surface area (TPSA) is 66.3 Å². The molecule has 0 spiro atoms. The lowest BCUT2D eigenvalue weighted by atomic mass is 9.79. The van der Waals surface area contributed by atoms with Crippen molar-refractivity contribution in [2.75, 3.05) is 46.0 Å². The normalized spacial score (nSPS) is 24.5. The Balaban J connectivity index is 0.00000338. The molecule has 0 bridgehead atoms. The molecule has 2 heterocycles. The van der Waals surface area contributed by atoms with Gasteiger partial charge in [0.15, 0.2) is 5.96 Å². The summed E-state index contributed by atoms with van der Waals surface area (Å²) in [6.07, 6.45) is 5.48. The predicted octanol–water partition coefficient (Wildman–Crippen LogP) is 2.64. The van der Waals surface area contributed by atoms with Crippen LogP contribution in [-0.2, 0) is 9.47 Å². The van der Waals surface area contributed by atoms with Crippen LogP contribution in [-0.4, -0.2) is 74.2 Å². The summed E-state index contributed by atoms with van der Waals surface area (Å²) < 4.78 is 11.8. The van der Waals surface area contributed by atoms with Crippen LogP contribution in [0.5, 0.6) is 0 Å². The average molecular weight is 483 g/mol. The lowest BCUT2D eigenvalue weighted by molar-refractivity contribution is -0.0817. The zero-order valence-corrected chi connectivity index (χ0v) is 19.0. The number of halogens is 1. The van der Waals surface area contributed by atoms with Crippen molar-refractivity contribution in [3.8, 4) is 0 Å². The summed E-state index contributed by atoms with van der Waals surface area (Å²) in [7, 11) is 0. The number of hydrogen-bond donors (Lipinski definition) is 2. The van der Waals surface area contributed by atoms with E-state index in [9.17, 15) is 5.11 Å². The van der Waals surface area contributed by atoms with Gasteiger partial charge in [-0.2, -0.15) is 0 Å². The number of hydrogen-bond acceptors (Lipinski definition) is 4. The van der Waals surface area contributed by atoms with E-state index in [-0.39, 0.29) is 48.2 Å². The van der Waals surface area contributed by atoms with E-state index in [0.717, 1.165) is 77.5 Å². The van der Waals surface area contributed by atoms with E-state index < -0.39 is 0 Å². The number of aliphatic hydroxyl groups is 1. The first-order chi connectivity index (χ1) is 12.2. The molecule has 0 aromatic carbocycles. The Hall–Kier alpha value is -0.120. The van der Waals surface area contributed by atoms with Crippen molar-refractivity contribution in [1.82, 2.24) is 10.2 Å². The molecule has 6 nitrogen and oxygen atoms in total. The van der Waals surface area contributed by atoms with Crippen LogP contribution >= 0.6 is 24.0 Å². The third kappa shape index (κ3) is 6.49. The molecule has 154 valence electrons. The minimum absolute atomic E-state index is 0. The molecule has 2 saturated heterocycles. The summed E-state index contributed by atoms with van der Waals surface area (Å²) in [5, 5.41) is 12.9. The second-order valence-corrected chi connectivity index (χ2v) is 7.26. The molecule has 0 aromatic rings. The van der Waals surface area contributed by atoms with Crippen LogP contribution in [0, 0.1) is 5.41 Å². The van der Waals surface area contributed by atoms with E-state index in [2.05, 4.69) is 31.0 Å². The molecule has 0 saturated carbocycles. The van der Waals surface area contributed by atoms with Crippen molar-refractivity contribution in [1.29, 1.82) is 0 Å². The minimum Gasteiger partial charge on any atom is -0.396 e. The molecule has 0 amide bonds. The lowest BCUT2D eigenvalue weighted by Crippen LogP contribution is -2.53. The highest BCUT2D eigenvalue weighted by Crippen LogP contribution is 2.31. The number of aliphatic hydroxyl groups excluding tert-OH is 1. The van der Waals surface area contributed by atoms with E-state index in [1.807, 2.05) is 0 Å². The Kier molecular flexibility index (Phi) is 11.4. The molecule has 7 heteroatoms. The second kappa shape index (κ2) is 12.4. The number of morpholine rings is 1. The molecule has 2 atom stereocenters. The van der Waals surface area contributed by atoms with Crippen LogP contribution in [0.1, 0.15) is 52.9 Å². The van der Waals surface area contributed by atoms with Crippen molar-refractivity contribution in [3.63, 3.8) is 0 Å². The fraction of sp³-hybridized carbons (Fsp3) is 0.947. The number of ether oxygens (including phenoxy) is 2. The zero-order chi connectivity index (χ0) is 18.1. The van der Waals surface area contributed by atoms with Crippen molar-refractivity contribution in [2.24, 2.45) is 10.4 Å². The second-order valence-electron chi connectivity index (χ2n) is 7.26. The smallest absolute Gasteiger partial charge is 0.194 e. The van der Waals surface area contributed by atoms with Crippen LogP contribution in [0.2, 0.25) is 0 Å². The standard InChI is InChI=1S/C19H37N3O3.HI/c1-4-19(5-2,9-11-23)15-21-18(20-6-3)22-10-13-25-17(14-22)16-8-7-12-24-16;/h16-17,23H,4-15H2,1-3H3,(H,20,21);1H. The van der Waals surface area contributed by atoms with Crippen LogP contribution in [0.4, 0.5) is 0 Å². The molecule has 2 aliphatic rings. The molecule has 2 N–H and O–H groups in total. The van der Waals surface area contributed by atoms with E-state index in [1.165, 1.54) is 0 Å². The summed E-state index contributed by atoms with van der Waals surface area (Å²) in [4.78, 5) is 7.27. The molecule has 26 heavy (non-hydrogen) atoms. The summed E-state index contributed by atoms with van der Waals surface area (Å²) in [6.45, 7) is 11.6. The first kappa shape index (κ1) is 23.9. The molecule has 2 fully saturated rings. The molecule has 2 unspecified atom stereocenters. The zero-order valence-electron chi connectivity index (χ0n) is 16.7. The van der Waals surface area contributed by atoms with Crippen LogP contribution in [0.25, 0.3) is 0 Å². The Labute approximate surface area is 176 Å². The van der Waals surface area contributed by atoms with E-state index in [4.69, 9.17) is 14.5 Å². The summed E-state index contributed by atoms with van der Waals surface area (Å²) in [5.41, 5.74) is 0.0929. The predicted molar refractivity (Wildman–Crippen MR) is 116 cm³/mol. The van der Waals surface area contributed by atoms with Crippen molar-refractivity contribution < 1.29 is 14.6 Å². The van der Waals surface area contributed by atoms with Gasteiger partial charge in [-0.15, -0.1) is 24.0 Å². The van der Waals surface area contributed by atoms with Gasteiger partial charge >= 0.3 is 0 Å². The number of guanidine groups is 1. The number of nitrogens with zero attached hydrogens (tertiary/aromatic N) is 2. The summed E-state index contributed by atoms with van der Waals surface area (Å²) in [5.74, 6) is 0.970. The number of rotatable bonds is 8. The van der Waals surface area contributed by atoms with Crippen LogP contribution in [0.3, 0.4) is 0 Å². The van der Waals surface area contributed by atoms with Crippen molar-refractivity contribution >= 4 is 29.9 Å². The molecule has 0 radical (unpaired) electrons. The monoisotopic (exact) mass is 483 g/mol. The lowest BCUT2D eigenvalue weighted by Gasteiger charge is -2.38. The maximum Gasteiger partial charge on any atom is 0.194 e. The Morgan fingerprint density at radius 2 is 1.92 bits per heavy atom. The van der Waals surface area contributed by atoms with Gasteiger partial charge in [0, 0.05) is 39.4 Å². The number of nitrogens with one attached hydrogen (secondary N) is 1. The van der Waals surface area contributed by atoms with Crippen molar-refractivity contribution in [2.45, 2.75) is 65.1 Å². The molecular formula is C19H38IN3O3. The van der Waals surface area contributed by atoms with Crippen LogP contribution in [0.15, 0.2) is 4.99 Å². The largest absolute Gasteiger partial charge is 0.396 e. The fourth-order valence-electron chi connectivity index (χ4n) is 3.80. The first-order valence-electron chi connectivity index (χ1n) is 10.0. The summed E-state index contributed by atoms with van der Waals surface area (Å²) in [6, 6.07) is 0. The van der Waals surface area contributed by atoms with Gasteiger partial charge in [0.05, 0.1) is 12.7 Å². The molecule has 0 aliphatic carbocycles. The van der Waals surface area contributed by atoms with Gasteiger partial charge in [-0.25, -0.2) is 0 Å². The Morgan fingerprint density at radius 3 is 2.50 bits per heavy atom.